The Kier molecular flexibility index (Phi) is 1.58. The van der Waals surface area contributed by atoms with Gasteiger partial charge in [0.25, 0.3) is 0 Å². The van der Waals surface area contributed by atoms with Crippen LogP contribution in [0.5, 0.6) is 0 Å². The second kappa shape index (κ2) is 2.10. The highest BCUT2D eigenvalue weighted by Crippen LogP contribution is 2.24. The normalized spacial score (nSPS) is 37.1. The molecule has 1 rings (SSSR count). The summed E-state index contributed by atoms with van der Waals surface area (Å²) in [6.45, 7) is 3.06. The highest BCUT2D eigenvalue weighted by molar-refractivity contribution is 5.63. The average molecular weight is 127 g/mol. The molecule has 0 amide bonds. The third-order valence-electron chi connectivity index (χ3n) is 2.30. The van der Waals surface area contributed by atoms with Crippen LogP contribution in [0.2, 0.25) is 0 Å². The maximum Gasteiger partial charge on any atom is 0.139 e. The van der Waals surface area contributed by atoms with Crippen molar-refractivity contribution in [3.05, 3.63) is 0 Å². The van der Waals surface area contributed by atoms with Gasteiger partial charge in [0.2, 0.25) is 0 Å². The molecule has 0 aromatic carbocycles. The van der Waals surface area contributed by atoms with Crippen LogP contribution in [0, 0.1) is 0 Å². The van der Waals surface area contributed by atoms with Crippen LogP contribution in [0.25, 0.3) is 0 Å². The van der Waals surface area contributed by atoms with Crippen LogP contribution < -0.4 is 0 Å². The molecule has 1 fully saturated rings. The Morgan fingerprint density at radius 2 is 2.33 bits per heavy atom. The number of carbonyl (C=O) groups is 1. The van der Waals surface area contributed by atoms with E-state index in [1.54, 1.807) is 0 Å². The fraction of sp³-hybridized carbons (Fsp3) is 0.857. The third kappa shape index (κ3) is 0.990. The molecule has 9 heavy (non-hydrogen) atoms. The number of likely N-dealkylation sites (N-methyl/N-ethyl adjacent to an activating group) is 1. The number of likely N-dealkylation sites (tertiary alicyclic amines) is 1. The highest BCUT2D eigenvalue weighted by atomic mass is 16.1. The largest absolute Gasteiger partial charge is 0.301 e. The molecule has 52 valence electrons. The van der Waals surface area contributed by atoms with E-state index in [9.17, 15) is 4.79 Å². The molecule has 0 aromatic rings. The summed E-state index contributed by atoms with van der Waals surface area (Å²) in [5.41, 5.74) is -0.153. The van der Waals surface area contributed by atoms with Crippen LogP contribution >= 0.6 is 0 Å². The van der Waals surface area contributed by atoms with E-state index in [0.29, 0.717) is 0 Å². The van der Waals surface area contributed by atoms with Crippen molar-refractivity contribution in [2.75, 3.05) is 13.6 Å². The van der Waals surface area contributed by atoms with Gasteiger partial charge in [0.05, 0.1) is 5.54 Å². The molecule has 1 aliphatic rings. The Morgan fingerprint density at radius 1 is 1.67 bits per heavy atom. The van der Waals surface area contributed by atoms with Crippen molar-refractivity contribution in [3.8, 4) is 0 Å². The Balaban J connectivity index is 2.66. The smallest absolute Gasteiger partial charge is 0.139 e. The topological polar surface area (TPSA) is 20.3 Å². The first kappa shape index (κ1) is 6.75. The van der Waals surface area contributed by atoms with Gasteiger partial charge >= 0.3 is 0 Å². The molecule has 0 radical (unpaired) electrons. The first-order valence-corrected chi connectivity index (χ1v) is 3.36. The molecule has 1 heterocycles. The Bertz CT molecular complexity index is 124. The summed E-state index contributed by atoms with van der Waals surface area (Å²) >= 11 is 0. The van der Waals surface area contributed by atoms with E-state index < -0.39 is 0 Å². The van der Waals surface area contributed by atoms with Gasteiger partial charge in [0.15, 0.2) is 0 Å². The van der Waals surface area contributed by atoms with Gasteiger partial charge in [-0.25, -0.2) is 0 Å². The van der Waals surface area contributed by atoms with E-state index in [2.05, 4.69) is 4.90 Å². The van der Waals surface area contributed by atoms with Gasteiger partial charge in [-0.2, -0.15) is 0 Å². The van der Waals surface area contributed by atoms with Crippen molar-refractivity contribution in [1.29, 1.82) is 0 Å². The van der Waals surface area contributed by atoms with Crippen LogP contribution in [-0.4, -0.2) is 30.3 Å². The molecule has 0 bridgehead atoms. The summed E-state index contributed by atoms with van der Waals surface area (Å²) in [4.78, 5) is 12.6. The predicted molar refractivity (Wildman–Crippen MR) is 36.3 cm³/mol. The first-order valence-electron chi connectivity index (χ1n) is 3.36. The van der Waals surface area contributed by atoms with Gasteiger partial charge < -0.3 is 4.79 Å². The van der Waals surface area contributed by atoms with Crippen molar-refractivity contribution >= 4 is 6.29 Å². The fourth-order valence-corrected chi connectivity index (χ4v) is 1.27. The van der Waals surface area contributed by atoms with Crippen LogP contribution in [-0.2, 0) is 4.79 Å². The van der Waals surface area contributed by atoms with Gasteiger partial charge in [-0.05, 0) is 33.4 Å². The molecule has 2 nitrogen and oxygen atoms in total. The zero-order valence-electron chi connectivity index (χ0n) is 6.05. The fourth-order valence-electron chi connectivity index (χ4n) is 1.27. The van der Waals surface area contributed by atoms with Crippen molar-refractivity contribution in [1.82, 2.24) is 4.90 Å². The monoisotopic (exact) mass is 127 g/mol. The molecule has 0 N–H and O–H groups in total. The summed E-state index contributed by atoms with van der Waals surface area (Å²) in [7, 11) is 2.00. The number of nitrogens with zero attached hydrogens (tertiary/aromatic N) is 1. The lowest BCUT2D eigenvalue weighted by Crippen LogP contribution is -2.39. The van der Waals surface area contributed by atoms with Crippen molar-refractivity contribution in [3.63, 3.8) is 0 Å². The maximum absolute atomic E-state index is 10.5. The summed E-state index contributed by atoms with van der Waals surface area (Å²) in [6.07, 6.45) is 3.23. The van der Waals surface area contributed by atoms with Crippen molar-refractivity contribution in [2.24, 2.45) is 0 Å². The molecule has 1 saturated heterocycles. The molecule has 1 aliphatic heterocycles. The molecule has 0 aromatic heterocycles. The van der Waals surface area contributed by atoms with Gasteiger partial charge in [0, 0.05) is 0 Å². The van der Waals surface area contributed by atoms with Crippen LogP contribution in [0.4, 0.5) is 0 Å². The second-order valence-corrected chi connectivity index (χ2v) is 3.00. The summed E-state index contributed by atoms with van der Waals surface area (Å²) in [5.74, 6) is 0. The number of hydrogen-bond donors (Lipinski definition) is 0. The lowest BCUT2D eigenvalue weighted by Gasteiger charge is -2.24. The molecule has 2 heteroatoms. The number of rotatable bonds is 1. The first-order chi connectivity index (χ1) is 4.19. The van der Waals surface area contributed by atoms with E-state index in [1.807, 2.05) is 14.0 Å². The van der Waals surface area contributed by atoms with Crippen LogP contribution in [0.1, 0.15) is 19.8 Å². The minimum absolute atomic E-state index is 0.153. The van der Waals surface area contributed by atoms with E-state index in [1.165, 1.54) is 0 Å². The molecule has 0 saturated carbocycles. The zero-order chi connectivity index (χ0) is 6.91. The molecular formula is C7H13NO. The Labute approximate surface area is 55.8 Å². The Morgan fingerprint density at radius 3 is 2.56 bits per heavy atom. The van der Waals surface area contributed by atoms with Gasteiger partial charge in [-0.15, -0.1) is 0 Å². The predicted octanol–water partition coefficient (Wildman–Crippen LogP) is 0.670. The lowest BCUT2D eigenvalue weighted by atomic mass is 10.0. The van der Waals surface area contributed by atoms with E-state index >= 15 is 0 Å². The van der Waals surface area contributed by atoms with E-state index in [4.69, 9.17) is 0 Å². The third-order valence-corrected chi connectivity index (χ3v) is 2.30. The van der Waals surface area contributed by atoms with E-state index in [-0.39, 0.29) is 5.54 Å². The average Bonchev–Trinajstić information content (AvgIpc) is 2.15. The summed E-state index contributed by atoms with van der Waals surface area (Å²) < 4.78 is 0. The van der Waals surface area contributed by atoms with E-state index in [0.717, 1.165) is 25.7 Å². The number of carbonyl (C=O) groups excluding carboxylic acids is 1. The van der Waals surface area contributed by atoms with Crippen molar-refractivity contribution in [2.45, 2.75) is 25.3 Å². The molecule has 1 atom stereocenters. The van der Waals surface area contributed by atoms with Crippen molar-refractivity contribution < 1.29 is 4.79 Å². The lowest BCUT2D eigenvalue weighted by molar-refractivity contribution is -0.115. The minimum Gasteiger partial charge on any atom is -0.301 e. The highest BCUT2D eigenvalue weighted by Gasteiger charge is 2.32. The van der Waals surface area contributed by atoms with Gasteiger partial charge in [0.1, 0.15) is 6.29 Å². The van der Waals surface area contributed by atoms with Crippen LogP contribution in [0.3, 0.4) is 0 Å². The number of hydrogen-bond acceptors (Lipinski definition) is 2. The Hall–Kier alpha value is -0.370. The molecule has 1 unspecified atom stereocenters. The SMILES string of the molecule is CN1CCCC1(C)C=O. The number of aldehydes is 1. The summed E-state index contributed by atoms with van der Waals surface area (Å²) in [5, 5.41) is 0. The quantitative estimate of drug-likeness (QED) is 0.482. The molecular weight excluding hydrogens is 114 g/mol. The zero-order valence-corrected chi connectivity index (χ0v) is 6.05. The second-order valence-electron chi connectivity index (χ2n) is 3.00. The summed E-state index contributed by atoms with van der Waals surface area (Å²) in [6, 6.07) is 0. The van der Waals surface area contributed by atoms with Crippen LogP contribution in [0.15, 0.2) is 0 Å². The standard InChI is InChI=1S/C7H13NO/c1-7(6-9)4-3-5-8(7)2/h6H,3-5H2,1-2H3. The molecule has 0 aliphatic carbocycles. The van der Waals surface area contributed by atoms with Gasteiger partial charge in [-0.1, -0.05) is 0 Å². The maximum atomic E-state index is 10.5. The van der Waals surface area contributed by atoms with Gasteiger partial charge in [-0.3, -0.25) is 4.90 Å². The molecule has 0 spiro atoms. The minimum atomic E-state index is -0.153.